The van der Waals surface area contributed by atoms with E-state index in [-0.39, 0.29) is 36.6 Å². The number of nitrogens with one attached hydrogen (secondary N) is 2. The summed E-state index contributed by atoms with van der Waals surface area (Å²) in [4.78, 5) is 23.6. The van der Waals surface area contributed by atoms with E-state index in [1.54, 1.807) is 6.07 Å². The first-order chi connectivity index (χ1) is 11.9. The largest absolute Gasteiger partial charge is 0.472 e. The Bertz CT molecular complexity index is 664. The van der Waals surface area contributed by atoms with Crippen LogP contribution in [0.5, 0.6) is 0 Å². The topological polar surface area (TPSA) is 109 Å². The van der Waals surface area contributed by atoms with E-state index in [9.17, 15) is 18.0 Å². The van der Waals surface area contributed by atoms with Crippen LogP contribution in [-0.4, -0.2) is 56.0 Å². The molecular formula is C16H25N3O5S. The van der Waals surface area contributed by atoms with E-state index in [1.807, 2.05) is 6.92 Å². The molecule has 1 aromatic heterocycles. The van der Waals surface area contributed by atoms with Crippen LogP contribution in [0.15, 0.2) is 23.0 Å². The molecule has 0 aliphatic carbocycles. The van der Waals surface area contributed by atoms with Crippen molar-refractivity contribution in [1.82, 2.24) is 14.9 Å². The quantitative estimate of drug-likeness (QED) is 0.700. The lowest BCUT2D eigenvalue weighted by atomic mass is 10.1. The molecule has 9 heteroatoms. The fourth-order valence-electron chi connectivity index (χ4n) is 2.75. The summed E-state index contributed by atoms with van der Waals surface area (Å²) >= 11 is 0. The first-order valence-corrected chi connectivity index (χ1v) is 10.1. The number of hydrogen-bond acceptors (Lipinski definition) is 5. The van der Waals surface area contributed by atoms with E-state index in [2.05, 4.69) is 10.6 Å². The van der Waals surface area contributed by atoms with Gasteiger partial charge in [0.05, 0.1) is 17.6 Å². The second-order valence-corrected chi connectivity index (χ2v) is 8.16. The second-order valence-electron chi connectivity index (χ2n) is 6.07. The molecule has 1 fully saturated rings. The lowest BCUT2D eigenvalue weighted by molar-refractivity contribution is -0.121. The Balaban J connectivity index is 1.66. The number of sulfonamides is 1. The maximum absolute atomic E-state index is 12.0. The van der Waals surface area contributed by atoms with Gasteiger partial charge in [0.25, 0.3) is 5.91 Å². The van der Waals surface area contributed by atoms with Crippen molar-refractivity contribution in [3.8, 4) is 0 Å². The number of furan rings is 1. The van der Waals surface area contributed by atoms with E-state index in [1.165, 1.54) is 16.8 Å². The van der Waals surface area contributed by atoms with Crippen LogP contribution in [-0.2, 0) is 14.8 Å². The number of hydrogen-bond donors (Lipinski definition) is 2. The lowest BCUT2D eigenvalue weighted by Crippen LogP contribution is -2.47. The standard InChI is InChI=1S/C16H25N3O5S/c1-2-11-25(22,23)19-8-4-14(5-9-19)18-15(20)3-7-17-16(21)13-6-10-24-12-13/h6,10,12,14H,2-5,7-9,11H2,1H3,(H,17,21)(H,18,20). The van der Waals surface area contributed by atoms with Gasteiger partial charge < -0.3 is 15.1 Å². The van der Waals surface area contributed by atoms with Gasteiger partial charge in [0.2, 0.25) is 15.9 Å². The Morgan fingerprint density at radius 2 is 2.04 bits per heavy atom. The van der Waals surface area contributed by atoms with Gasteiger partial charge in [-0.3, -0.25) is 9.59 Å². The van der Waals surface area contributed by atoms with Gasteiger partial charge in [-0.2, -0.15) is 0 Å². The Morgan fingerprint density at radius 3 is 2.64 bits per heavy atom. The first-order valence-electron chi connectivity index (χ1n) is 8.50. The molecular weight excluding hydrogens is 346 g/mol. The predicted octanol–water partition coefficient (Wildman–Crippen LogP) is 0.720. The molecule has 0 bridgehead atoms. The molecule has 0 spiro atoms. The molecule has 1 aromatic rings. The van der Waals surface area contributed by atoms with Crippen molar-refractivity contribution in [3.63, 3.8) is 0 Å². The highest BCUT2D eigenvalue weighted by Crippen LogP contribution is 2.15. The highest BCUT2D eigenvalue weighted by atomic mass is 32.2. The Kier molecular flexibility index (Phi) is 7.01. The van der Waals surface area contributed by atoms with Crippen molar-refractivity contribution in [2.75, 3.05) is 25.4 Å². The summed E-state index contributed by atoms with van der Waals surface area (Å²) in [6.07, 6.45) is 4.75. The molecule has 1 aliphatic heterocycles. The molecule has 0 saturated carbocycles. The lowest BCUT2D eigenvalue weighted by Gasteiger charge is -2.31. The first kappa shape index (κ1) is 19.5. The summed E-state index contributed by atoms with van der Waals surface area (Å²) in [5.74, 6) is -0.265. The third-order valence-corrected chi connectivity index (χ3v) is 6.17. The van der Waals surface area contributed by atoms with Gasteiger partial charge in [0.1, 0.15) is 6.26 Å². The minimum atomic E-state index is -3.17. The molecule has 25 heavy (non-hydrogen) atoms. The number of carbonyl (C=O) groups is 2. The molecule has 2 amide bonds. The molecule has 0 unspecified atom stereocenters. The molecule has 140 valence electrons. The zero-order valence-corrected chi connectivity index (χ0v) is 15.2. The van der Waals surface area contributed by atoms with Crippen LogP contribution in [0.2, 0.25) is 0 Å². The van der Waals surface area contributed by atoms with Crippen molar-refractivity contribution < 1.29 is 22.4 Å². The number of piperidine rings is 1. The van der Waals surface area contributed by atoms with E-state index < -0.39 is 10.0 Å². The number of amides is 2. The zero-order valence-electron chi connectivity index (χ0n) is 14.4. The van der Waals surface area contributed by atoms with E-state index >= 15 is 0 Å². The predicted molar refractivity (Wildman–Crippen MR) is 92.5 cm³/mol. The summed E-state index contributed by atoms with van der Waals surface area (Å²) in [7, 11) is -3.17. The summed E-state index contributed by atoms with van der Waals surface area (Å²) in [6, 6.07) is 1.53. The molecule has 1 saturated heterocycles. The van der Waals surface area contributed by atoms with Crippen LogP contribution in [0, 0.1) is 0 Å². The second kappa shape index (κ2) is 9.00. The van der Waals surface area contributed by atoms with Crippen molar-refractivity contribution in [1.29, 1.82) is 0 Å². The molecule has 2 rings (SSSR count). The number of nitrogens with zero attached hydrogens (tertiary/aromatic N) is 1. The summed E-state index contributed by atoms with van der Waals surface area (Å²) < 4.78 is 30.3. The molecule has 1 aliphatic rings. The van der Waals surface area contributed by atoms with Crippen LogP contribution in [0.25, 0.3) is 0 Å². The third-order valence-electron chi connectivity index (χ3n) is 4.10. The van der Waals surface area contributed by atoms with Gasteiger partial charge in [-0.25, -0.2) is 12.7 Å². The third kappa shape index (κ3) is 5.86. The number of rotatable bonds is 8. The van der Waals surface area contributed by atoms with Crippen molar-refractivity contribution in [2.45, 2.75) is 38.6 Å². The van der Waals surface area contributed by atoms with Crippen molar-refractivity contribution in [3.05, 3.63) is 24.2 Å². The van der Waals surface area contributed by atoms with Crippen LogP contribution in [0.4, 0.5) is 0 Å². The maximum Gasteiger partial charge on any atom is 0.254 e. The van der Waals surface area contributed by atoms with Gasteiger partial charge in [-0.15, -0.1) is 0 Å². The monoisotopic (exact) mass is 371 g/mol. The summed E-state index contributed by atoms with van der Waals surface area (Å²) in [5, 5.41) is 5.55. The Hall–Kier alpha value is -1.87. The molecule has 0 atom stereocenters. The fourth-order valence-corrected chi connectivity index (χ4v) is 4.29. The SMILES string of the molecule is CCCS(=O)(=O)N1CCC(NC(=O)CCNC(=O)c2ccoc2)CC1. The molecule has 8 nitrogen and oxygen atoms in total. The Morgan fingerprint density at radius 1 is 1.32 bits per heavy atom. The average Bonchev–Trinajstić information content (AvgIpc) is 3.10. The van der Waals surface area contributed by atoms with Crippen molar-refractivity contribution in [2.24, 2.45) is 0 Å². The highest BCUT2D eigenvalue weighted by Gasteiger charge is 2.27. The molecule has 2 N–H and O–H groups in total. The van der Waals surface area contributed by atoms with E-state index in [0.29, 0.717) is 37.9 Å². The van der Waals surface area contributed by atoms with Crippen molar-refractivity contribution >= 4 is 21.8 Å². The van der Waals surface area contributed by atoms with E-state index in [0.717, 1.165) is 0 Å². The summed E-state index contributed by atoms with van der Waals surface area (Å²) in [6.45, 7) is 2.95. The molecule has 0 radical (unpaired) electrons. The fraction of sp³-hybridized carbons (Fsp3) is 0.625. The smallest absolute Gasteiger partial charge is 0.254 e. The zero-order chi connectivity index (χ0) is 18.3. The normalized spacial score (nSPS) is 16.5. The minimum absolute atomic E-state index is 0.0230. The van der Waals surface area contributed by atoms with Crippen LogP contribution >= 0.6 is 0 Å². The minimum Gasteiger partial charge on any atom is -0.472 e. The molecule has 0 aromatic carbocycles. The van der Waals surface area contributed by atoms with Gasteiger partial charge >= 0.3 is 0 Å². The highest BCUT2D eigenvalue weighted by molar-refractivity contribution is 7.89. The summed E-state index contributed by atoms with van der Waals surface area (Å²) in [5.41, 5.74) is 0.418. The van der Waals surface area contributed by atoms with Crippen LogP contribution in [0.3, 0.4) is 0 Å². The van der Waals surface area contributed by atoms with Crippen LogP contribution in [0.1, 0.15) is 43.0 Å². The van der Waals surface area contributed by atoms with Crippen LogP contribution < -0.4 is 10.6 Å². The number of carbonyl (C=O) groups excluding carboxylic acids is 2. The molecule has 2 heterocycles. The Labute approximate surface area is 148 Å². The van der Waals surface area contributed by atoms with E-state index in [4.69, 9.17) is 4.42 Å². The van der Waals surface area contributed by atoms with Gasteiger partial charge in [-0.05, 0) is 25.3 Å². The van der Waals surface area contributed by atoms with Gasteiger partial charge in [0.15, 0.2) is 0 Å². The maximum atomic E-state index is 12.0. The average molecular weight is 371 g/mol. The van der Waals surface area contributed by atoms with Gasteiger partial charge in [-0.1, -0.05) is 6.92 Å². The van der Waals surface area contributed by atoms with Gasteiger partial charge in [0, 0.05) is 32.1 Å².